The summed E-state index contributed by atoms with van der Waals surface area (Å²) in [7, 11) is 3.42. The van der Waals surface area contributed by atoms with Crippen LogP contribution in [0.4, 0.5) is 0 Å². The second-order valence-corrected chi connectivity index (χ2v) is 6.01. The van der Waals surface area contributed by atoms with E-state index in [-0.39, 0.29) is 29.9 Å². The fourth-order valence-corrected chi connectivity index (χ4v) is 3.08. The van der Waals surface area contributed by atoms with Crippen molar-refractivity contribution in [3.8, 4) is 0 Å². The van der Waals surface area contributed by atoms with E-state index in [1.165, 1.54) is 19.4 Å². The van der Waals surface area contributed by atoms with Crippen molar-refractivity contribution in [1.29, 1.82) is 0 Å². The molecule has 1 aliphatic rings. The van der Waals surface area contributed by atoms with Crippen molar-refractivity contribution in [2.75, 3.05) is 33.7 Å². The van der Waals surface area contributed by atoms with Crippen molar-refractivity contribution in [3.05, 3.63) is 35.4 Å². The van der Waals surface area contributed by atoms with Gasteiger partial charge < -0.3 is 16.0 Å². The molecule has 7 heteroatoms. The summed E-state index contributed by atoms with van der Waals surface area (Å²) in [5.41, 5.74) is 1.78. The maximum atomic E-state index is 11.5. The van der Waals surface area contributed by atoms with Gasteiger partial charge in [0.15, 0.2) is 5.96 Å². The Bertz CT molecular complexity index is 561. The van der Waals surface area contributed by atoms with Crippen LogP contribution in [-0.4, -0.2) is 56.5 Å². The van der Waals surface area contributed by atoms with Crippen molar-refractivity contribution in [2.45, 2.75) is 32.4 Å². The summed E-state index contributed by atoms with van der Waals surface area (Å²) in [5, 5.41) is 9.37. The first-order chi connectivity index (χ1) is 11.7. The van der Waals surface area contributed by atoms with Crippen LogP contribution in [0.3, 0.4) is 0 Å². The molecule has 1 saturated heterocycles. The van der Waals surface area contributed by atoms with Crippen LogP contribution in [0.25, 0.3) is 0 Å². The van der Waals surface area contributed by atoms with Crippen molar-refractivity contribution < 1.29 is 4.79 Å². The van der Waals surface area contributed by atoms with Gasteiger partial charge in [0.05, 0.1) is 0 Å². The number of benzene rings is 1. The number of halogens is 1. The zero-order chi connectivity index (χ0) is 17.4. The second-order valence-electron chi connectivity index (χ2n) is 6.01. The van der Waals surface area contributed by atoms with Gasteiger partial charge in [-0.15, -0.1) is 24.0 Å². The Kier molecular flexibility index (Phi) is 9.81. The van der Waals surface area contributed by atoms with Gasteiger partial charge in [-0.3, -0.25) is 14.7 Å². The average Bonchev–Trinajstić information content (AvgIpc) is 3.09. The lowest BCUT2D eigenvalue weighted by Crippen LogP contribution is -2.44. The van der Waals surface area contributed by atoms with Crippen molar-refractivity contribution >= 4 is 35.8 Å². The maximum Gasteiger partial charge on any atom is 0.251 e. The van der Waals surface area contributed by atoms with Crippen LogP contribution in [0.1, 0.15) is 35.7 Å². The molecule has 1 heterocycles. The van der Waals surface area contributed by atoms with Gasteiger partial charge in [0, 0.05) is 38.8 Å². The molecule has 1 fully saturated rings. The largest absolute Gasteiger partial charge is 0.355 e. The smallest absolute Gasteiger partial charge is 0.251 e. The molecular weight excluding hydrogens is 429 g/mol. The number of guanidine groups is 1. The molecule has 2 rings (SSSR count). The van der Waals surface area contributed by atoms with Crippen LogP contribution in [0.5, 0.6) is 0 Å². The number of rotatable bonds is 6. The topological polar surface area (TPSA) is 68.8 Å². The lowest BCUT2D eigenvalue weighted by Gasteiger charge is -2.24. The standard InChI is InChI=1S/C18H29N5O.HI/c1-4-23-11-5-6-16(23)13-22-18(20-3)21-12-14-7-9-15(10-8-14)17(24)19-2;/h7-10,16H,4-6,11-13H2,1-3H3,(H,19,24)(H2,20,21,22);1H. The Morgan fingerprint density at radius 3 is 2.60 bits per heavy atom. The molecule has 3 N–H and O–H groups in total. The minimum absolute atomic E-state index is 0. The van der Waals surface area contributed by atoms with Gasteiger partial charge >= 0.3 is 0 Å². The van der Waals surface area contributed by atoms with E-state index in [0.29, 0.717) is 18.2 Å². The van der Waals surface area contributed by atoms with E-state index < -0.39 is 0 Å². The highest BCUT2D eigenvalue weighted by atomic mass is 127. The minimum atomic E-state index is -0.0657. The highest BCUT2D eigenvalue weighted by Gasteiger charge is 2.22. The predicted octanol–water partition coefficient (Wildman–Crippen LogP) is 1.81. The molecule has 6 nitrogen and oxygen atoms in total. The number of likely N-dealkylation sites (N-methyl/N-ethyl adjacent to an activating group) is 1. The zero-order valence-electron chi connectivity index (χ0n) is 15.3. The third kappa shape index (κ3) is 6.47. The minimum Gasteiger partial charge on any atom is -0.355 e. The molecule has 0 radical (unpaired) electrons. The third-order valence-electron chi connectivity index (χ3n) is 4.54. The summed E-state index contributed by atoms with van der Waals surface area (Å²) < 4.78 is 0. The summed E-state index contributed by atoms with van der Waals surface area (Å²) in [6.07, 6.45) is 2.53. The maximum absolute atomic E-state index is 11.5. The average molecular weight is 459 g/mol. The molecule has 1 aromatic carbocycles. The van der Waals surface area contributed by atoms with Crippen LogP contribution in [0, 0.1) is 0 Å². The molecule has 0 spiro atoms. The number of hydrogen-bond acceptors (Lipinski definition) is 3. The fourth-order valence-electron chi connectivity index (χ4n) is 3.08. The summed E-state index contributed by atoms with van der Waals surface area (Å²) >= 11 is 0. The second kappa shape index (κ2) is 11.3. The van der Waals surface area contributed by atoms with Gasteiger partial charge in [0.25, 0.3) is 5.91 Å². The molecule has 0 aliphatic carbocycles. The number of nitrogens with one attached hydrogen (secondary N) is 3. The lowest BCUT2D eigenvalue weighted by molar-refractivity contribution is 0.0963. The van der Waals surface area contributed by atoms with Crippen molar-refractivity contribution in [1.82, 2.24) is 20.9 Å². The first-order valence-corrected chi connectivity index (χ1v) is 8.67. The summed E-state index contributed by atoms with van der Waals surface area (Å²) in [4.78, 5) is 18.3. The summed E-state index contributed by atoms with van der Waals surface area (Å²) in [6.45, 7) is 6.12. The molecule has 0 aromatic heterocycles. The van der Waals surface area contributed by atoms with E-state index in [4.69, 9.17) is 0 Å². The summed E-state index contributed by atoms with van der Waals surface area (Å²) in [6, 6.07) is 8.19. The Hall–Kier alpha value is -1.35. The van der Waals surface area contributed by atoms with Crippen molar-refractivity contribution in [3.63, 3.8) is 0 Å². The number of nitrogens with zero attached hydrogens (tertiary/aromatic N) is 2. The van der Waals surface area contributed by atoms with Crippen LogP contribution >= 0.6 is 24.0 Å². The fraction of sp³-hybridized carbons (Fsp3) is 0.556. The number of amides is 1. The van der Waals surface area contributed by atoms with Crippen molar-refractivity contribution in [2.24, 2.45) is 4.99 Å². The Morgan fingerprint density at radius 2 is 2.00 bits per heavy atom. The first-order valence-electron chi connectivity index (χ1n) is 8.67. The quantitative estimate of drug-likeness (QED) is 0.345. The number of carbonyl (C=O) groups is 1. The van der Waals surface area contributed by atoms with E-state index in [9.17, 15) is 4.79 Å². The van der Waals surface area contributed by atoms with E-state index in [2.05, 4.69) is 32.8 Å². The third-order valence-corrected chi connectivity index (χ3v) is 4.54. The molecule has 1 aliphatic heterocycles. The lowest BCUT2D eigenvalue weighted by atomic mass is 10.1. The molecule has 1 unspecified atom stereocenters. The molecule has 1 atom stereocenters. The molecule has 0 saturated carbocycles. The van der Waals surface area contributed by atoms with Gasteiger partial charge in [-0.2, -0.15) is 0 Å². The summed E-state index contributed by atoms with van der Waals surface area (Å²) in [5.74, 6) is 0.748. The van der Waals surface area contributed by atoms with Crippen LogP contribution < -0.4 is 16.0 Å². The van der Waals surface area contributed by atoms with E-state index in [1.54, 1.807) is 14.1 Å². The Balaban J connectivity index is 0.00000312. The molecule has 140 valence electrons. The number of likely N-dealkylation sites (tertiary alicyclic amines) is 1. The van der Waals surface area contributed by atoms with Crippen LogP contribution in [0.2, 0.25) is 0 Å². The molecule has 1 amide bonds. The molecular formula is C18H30IN5O. The normalized spacial score (nSPS) is 17.7. The van der Waals surface area contributed by atoms with Gasteiger partial charge in [0.2, 0.25) is 0 Å². The van der Waals surface area contributed by atoms with Crippen LogP contribution in [0.15, 0.2) is 29.3 Å². The molecule has 0 bridgehead atoms. The molecule has 25 heavy (non-hydrogen) atoms. The van der Waals surface area contributed by atoms with E-state index in [0.717, 1.165) is 24.6 Å². The molecule has 1 aromatic rings. The zero-order valence-corrected chi connectivity index (χ0v) is 17.7. The van der Waals surface area contributed by atoms with Crippen LogP contribution in [-0.2, 0) is 6.54 Å². The highest BCUT2D eigenvalue weighted by molar-refractivity contribution is 14.0. The monoisotopic (exact) mass is 459 g/mol. The number of carbonyl (C=O) groups excluding carboxylic acids is 1. The SMILES string of the molecule is CCN1CCCC1CNC(=NC)NCc1ccc(C(=O)NC)cc1.I. The number of hydrogen-bond donors (Lipinski definition) is 3. The number of aliphatic imine (C=N–C) groups is 1. The van der Waals surface area contributed by atoms with Gasteiger partial charge in [-0.05, 0) is 43.6 Å². The highest BCUT2D eigenvalue weighted by Crippen LogP contribution is 2.15. The van der Waals surface area contributed by atoms with Gasteiger partial charge in [-0.1, -0.05) is 19.1 Å². The first kappa shape index (κ1) is 21.7. The predicted molar refractivity (Wildman–Crippen MR) is 114 cm³/mol. The van der Waals surface area contributed by atoms with Gasteiger partial charge in [0.1, 0.15) is 0 Å². The van der Waals surface area contributed by atoms with E-state index >= 15 is 0 Å². The van der Waals surface area contributed by atoms with Gasteiger partial charge in [-0.25, -0.2) is 0 Å². The Labute approximate surface area is 167 Å². The Morgan fingerprint density at radius 1 is 1.28 bits per heavy atom. The van der Waals surface area contributed by atoms with E-state index in [1.807, 2.05) is 24.3 Å².